The second-order valence-electron chi connectivity index (χ2n) is 5.30. The van der Waals surface area contributed by atoms with E-state index in [4.69, 9.17) is 15.2 Å². The van der Waals surface area contributed by atoms with Crippen molar-refractivity contribution in [1.82, 2.24) is 9.97 Å². The number of ether oxygens (including phenoxy) is 2. The third-order valence-corrected chi connectivity index (χ3v) is 3.50. The molecule has 1 aromatic rings. The van der Waals surface area contributed by atoms with Crippen molar-refractivity contribution in [2.75, 3.05) is 12.3 Å². The van der Waals surface area contributed by atoms with Gasteiger partial charge in [0.25, 0.3) is 0 Å². The summed E-state index contributed by atoms with van der Waals surface area (Å²) in [6, 6.07) is 0. The standard InChI is InChI=1S/C12H19N3O2/c1-11(2)12(3,4)17-9(7-16-11)8-5-15-10(13)6-14-8/h5-6,9H,7H2,1-4H3,(H2,13,15). The second kappa shape index (κ2) is 3.92. The molecule has 5 heteroatoms. The Balaban J connectivity index is 2.18. The van der Waals surface area contributed by atoms with Crippen molar-refractivity contribution in [2.24, 2.45) is 0 Å². The van der Waals surface area contributed by atoms with Gasteiger partial charge >= 0.3 is 0 Å². The summed E-state index contributed by atoms with van der Waals surface area (Å²) >= 11 is 0. The van der Waals surface area contributed by atoms with Crippen LogP contribution in [-0.4, -0.2) is 27.8 Å². The summed E-state index contributed by atoms with van der Waals surface area (Å²) in [5, 5.41) is 0. The molecule has 1 aliphatic rings. The van der Waals surface area contributed by atoms with Gasteiger partial charge in [0, 0.05) is 0 Å². The Kier molecular flexibility index (Phi) is 2.83. The van der Waals surface area contributed by atoms with Crippen molar-refractivity contribution in [1.29, 1.82) is 0 Å². The molecule has 1 fully saturated rings. The minimum atomic E-state index is -0.376. The van der Waals surface area contributed by atoms with Crippen molar-refractivity contribution in [3.8, 4) is 0 Å². The molecule has 0 amide bonds. The maximum atomic E-state index is 6.05. The largest absolute Gasteiger partial charge is 0.382 e. The van der Waals surface area contributed by atoms with Crippen LogP contribution in [0.25, 0.3) is 0 Å². The Morgan fingerprint density at radius 3 is 2.41 bits per heavy atom. The van der Waals surface area contributed by atoms with Crippen LogP contribution in [-0.2, 0) is 9.47 Å². The van der Waals surface area contributed by atoms with E-state index < -0.39 is 0 Å². The van der Waals surface area contributed by atoms with Crippen LogP contribution in [0.1, 0.15) is 39.5 Å². The highest BCUT2D eigenvalue weighted by Crippen LogP contribution is 2.38. The Hall–Kier alpha value is -1.20. The van der Waals surface area contributed by atoms with Crippen LogP contribution in [0.3, 0.4) is 0 Å². The maximum Gasteiger partial charge on any atom is 0.141 e. The summed E-state index contributed by atoms with van der Waals surface area (Å²) in [5.41, 5.74) is 5.57. The van der Waals surface area contributed by atoms with Gasteiger partial charge in [-0.1, -0.05) is 0 Å². The van der Waals surface area contributed by atoms with Gasteiger partial charge in [0.2, 0.25) is 0 Å². The summed E-state index contributed by atoms with van der Waals surface area (Å²) in [6.45, 7) is 8.57. The number of aromatic nitrogens is 2. The van der Waals surface area contributed by atoms with E-state index in [1.165, 1.54) is 6.20 Å². The normalized spacial score (nSPS) is 26.7. The lowest BCUT2D eigenvalue weighted by Crippen LogP contribution is -2.54. The summed E-state index contributed by atoms with van der Waals surface area (Å²) in [7, 11) is 0. The van der Waals surface area contributed by atoms with Crippen LogP contribution < -0.4 is 5.73 Å². The molecule has 0 radical (unpaired) electrons. The fraction of sp³-hybridized carbons (Fsp3) is 0.667. The molecule has 1 aromatic heterocycles. The molecular formula is C12H19N3O2. The van der Waals surface area contributed by atoms with Crippen molar-refractivity contribution in [3.63, 3.8) is 0 Å². The van der Waals surface area contributed by atoms with E-state index in [1.54, 1.807) is 6.20 Å². The third-order valence-electron chi connectivity index (χ3n) is 3.50. The molecule has 0 aliphatic carbocycles. The van der Waals surface area contributed by atoms with E-state index in [-0.39, 0.29) is 17.3 Å². The molecule has 0 bridgehead atoms. The van der Waals surface area contributed by atoms with E-state index in [0.717, 1.165) is 5.69 Å². The summed E-state index contributed by atoms with van der Waals surface area (Å²) < 4.78 is 11.9. The number of nitrogen functional groups attached to an aromatic ring is 1. The molecule has 2 heterocycles. The number of nitrogens with zero attached hydrogens (tertiary/aromatic N) is 2. The second-order valence-corrected chi connectivity index (χ2v) is 5.30. The molecule has 1 aliphatic heterocycles. The maximum absolute atomic E-state index is 6.05. The first-order valence-electron chi connectivity index (χ1n) is 5.71. The number of hydrogen-bond acceptors (Lipinski definition) is 5. The summed E-state index contributed by atoms with van der Waals surface area (Å²) in [6.07, 6.45) is 2.98. The van der Waals surface area contributed by atoms with Crippen molar-refractivity contribution < 1.29 is 9.47 Å². The molecule has 1 atom stereocenters. The molecule has 1 saturated heterocycles. The molecule has 1 unspecified atom stereocenters. The van der Waals surface area contributed by atoms with E-state index in [1.807, 2.05) is 27.7 Å². The van der Waals surface area contributed by atoms with Crippen LogP contribution in [0, 0.1) is 0 Å². The fourth-order valence-corrected chi connectivity index (χ4v) is 1.65. The van der Waals surface area contributed by atoms with Gasteiger partial charge in [0.05, 0.1) is 35.9 Å². The lowest BCUT2D eigenvalue weighted by Gasteiger charge is -2.47. The quantitative estimate of drug-likeness (QED) is 0.805. The van der Waals surface area contributed by atoms with Crippen LogP contribution in [0.2, 0.25) is 0 Å². The van der Waals surface area contributed by atoms with E-state index >= 15 is 0 Å². The van der Waals surface area contributed by atoms with Gasteiger partial charge in [-0.05, 0) is 27.7 Å². The monoisotopic (exact) mass is 237 g/mol. The molecule has 0 aromatic carbocycles. The lowest BCUT2D eigenvalue weighted by molar-refractivity contribution is -0.265. The molecule has 17 heavy (non-hydrogen) atoms. The first-order valence-corrected chi connectivity index (χ1v) is 5.71. The first-order chi connectivity index (χ1) is 7.82. The van der Waals surface area contributed by atoms with Crippen molar-refractivity contribution in [2.45, 2.75) is 45.0 Å². The Morgan fingerprint density at radius 1 is 1.18 bits per heavy atom. The van der Waals surface area contributed by atoms with Crippen molar-refractivity contribution in [3.05, 3.63) is 18.1 Å². The predicted molar refractivity (Wildman–Crippen MR) is 64.4 cm³/mol. The highest BCUT2D eigenvalue weighted by atomic mass is 16.6. The van der Waals surface area contributed by atoms with Crippen LogP contribution in [0.15, 0.2) is 12.4 Å². The highest BCUT2D eigenvalue weighted by Gasteiger charge is 2.45. The average Bonchev–Trinajstić information content (AvgIpc) is 2.23. The summed E-state index contributed by atoms with van der Waals surface area (Å²) in [4.78, 5) is 8.24. The molecular weight excluding hydrogens is 218 g/mol. The molecule has 5 nitrogen and oxygen atoms in total. The van der Waals surface area contributed by atoms with Gasteiger partial charge in [-0.2, -0.15) is 0 Å². The van der Waals surface area contributed by atoms with Gasteiger partial charge in [0.15, 0.2) is 0 Å². The lowest BCUT2D eigenvalue weighted by atomic mass is 9.87. The van der Waals surface area contributed by atoms with Gasteiger partial charge < -0.3 is 15.2 Å². The van der Waals surface area contributed by atoms with Crippen molar-refractivity contribution >= 4 is 5.82 Å². The smallest absolute Gasteiger partial charge is 0.141 e. The van der Waals surface area contributed by atoms with Crippen LogP contribution >= 0.6 is 0 Å². The van der Waals surface area contributed by atoms with E-state index in [9.17, 15) is 0 Å². The Labute approximate surface area is 101 Å². The minimum absolute atomic E-state index is 0.189. The van der Waals surface area contributed by atoms with Gasteiger partial charge in [-0.25, -0.2) is 4.98 Å². The zero-order valence-corrected chi connectivity index (χ0v) is 10.7. The Morgan fingerprint density at radius 2 is 1.88 bits per heavy atom. The van der Waals surface area contributed by atoms with Gasteiger partial charge in [0.1, 0.15) is 11.9 Å². The molecule has 0 saturated carbocycles. The minimum Gasteiger partial charge on any atom is -0.382 e. The number of anilines is 1. The molecule has 2 rings (SSSR count). The van der Waals surface area contributed by atoms with Gasteiger partial charge in [-0.3, -0.25) is 4.98 Å². The highest BCUT2D eigenvalue weighted by molar-refractivity contribution is 5.23. The number of nitrogens with two attached hydrogens (primary N) is 1. The van der Waals surface area contributed by atoms with Crippen LogP contribution in [0.4, 0.5) is 5.82 Å². The molecule has 2 N–H and O–H groups in total. The van der Waals surface area contributed by atoms with Crippen LogP contribution in [0.5, 0.6) is 0 Å². The zero-order valence-electron chi connectivity index (χ0n) is 10.7. The fourth-order valence-electron chi connectivity index (χ4n) is 1.65. The molecule has 94 valence electrons. The predicted octanol–water partition coefficient (Wildman–Crippen LogP) is 1.70. The topological polar surface area (TPSA) is 70.3 Å². The number of rotatable bonds is 1. The molecule has 0 spiro atoms. The Bertz CT molecular complexity index is 401. The average molecular weight is 237 g/mol. The summed E-state index contributed by atoms with van der Waals surface area (Å²) in [5.74, 6) is 0.407. The van der Waals surface area contributed by atoms with E-state index in [2.05, 4.69) is 9.97 Å². The third kappa shape index (κ3) is 2.25. The number of hydrogen-bond donors (Lipinski definition) is 1. The first kappa shape index (κ1) is 12.3. The SMILES string of the molecule is CC1(C)OCC(c2cnc(N)cn2)OC1(C)C. The van der Waals surface area contributed by atoms with E-state index in [0.29, 0.717) is 12.4 Å². The van der Waals surface area contributed by atoms with Gasteiger partial charge in [-0.15, -0.1) is 0 Å². The zero-order chi connectivity index (χ0) is 12.7.